The Morgan fingerprint density at radius 1 is 1.05 bits per heavy atom. The molecule has 40 heavy (non-hydrogen) atoms. The number of amides is 3. The van der Waals surface area contributed by atoms with Gasteiger partial charge in [0, 0.05) is 24.2 Å². The average Bonchev–Trinajstić information content (AvgIpc) is 3.33. The third kappa shape index (κ3) is 5.63. The number of carbonyl (C=O) groups is 2. The molecule has 8 nitrogen and oxygen atoms in total. The average molecular weight is 561 g/mol. The zero-order valence-corrected chi connectivity index (χ0v) is 23.8. The Balaban J connectivity index is 1.71. The van der Waals surface area contributed by atoms with E-state index in [0.717, 1.165) is 16.7 Å². The number of aryl methyl sites for hydroxylation is 1. The van der Waals surface area contributed by atoms with E-state index >= 15 is 0 Å². The molecule has 1 unspecified atom stereocenters. The maximum Gasteiger partial charge on any atom is 0.326 e. The van der Waals surface area contributed by atoms with Crippen molar-refractivity contribution in [3.05, 3.63) is 94.0 Å². The number of ether oxygens (including phenoxy) is 2. The van der Waals surface area contributed by atoms with Crippen LogP contribution < -0.4 is 14.8 Å². The van der Waals surface area contributed by atoms with Gasteiger partial charge in [0.05, 0.1) is 24.8 Å². The number of halogens is 1. The smallest absolute Gasteiger partial charge is 0.326 e. The lowest BCUT2D eigenvalue weighted by Crippen LogP contribution is -2.55. The zero-order valence-electron chi connectivity index (χ0n) is 23.1. The van der Waals surface area contributed by atoms with E-state index in [-0.39, 0.29) is 24.6 Å². The van der Waals surface area contributed by atoms with Gasteiger partial charge in [-0.2, -0.15) is 0 Å². The zero-order chi connectivity index (χ0) is 28.4. The van der Waals surface area contributed by atoms with Gasteiger partial charge in [-0.15, -0.1) is 0 Å². The highest BCUT2D eigenvalue weighted by atomic mass is 35.5. The van der Waals surface area contributed by atoms with Gasteiger partial charge in [0.15, 0.2) is 0 Å². The Kier molecular flexibility index (Phi) is 7.98. The van der Waals surface area contributed by atoms with E-state index in [9.17, 15) is 9.59 Å². The van der Waals surface area contributed by atoms with Crippen LogP contribution in [0.3, 0.4) is 0 Å². The molecule has 2 heterocycles. The molecular formula is C31H33ClN4O4. The summed E-state index contributed by atoms with van der Waals surface area (Å²) in [7, 11) is 1.60. The summed E-state index contributed by atoms with van der Waals surface area (Å²) >= 11 is 6.23. The molecule has 0 spiro atoms. The van der Waals surface area contributed by atoms with Crippen LogP contribution in [-0.2, 0) is 4.79 Å². The lowest BCUT2D eigenvalue weighted by Gasteiger charge is -2.36. The predicted molar refractivity (Wildman–Crippen MR) is 155 cm³/mol. The minimum Gasteiger partial charge on any atom is -0.497 e. The lowest BCUT2D eigenvalue weighted by atomic mass is 9.93. The van der Waals surface area contributed by atoms with Crippen LogP contribution in [0.5, 0.6) is 11.5 Å². The number of hydrogen-bond donors (Lipinski definition) is 1. The second kappa shape index (κ2) is 11.6. The number of carbonyl (C=O) groups excluding carboxylic acids is 2. The van der Waals surface area contributed by atoms with Crippen molar-refractivity contribution in [2.24, 2.45) is 4.99 Å². The third-order valence-electron chi connectivity index (χ3n) is 7.00. The van der Waals surface area contributed by atoms with E-state index in [1.54, 1.807) is 16.9 Å². The van der Waals surface area contributed by atoms with Gasteiger partial charge in [0.2, 0.25) is 5.91 Å². The molecule has 0 bridgehead atoms. The number of hydrogen-bond acceptors (Lipinski definition) is 5. The molecule has 1 saturated heterocycles. The summed E-state index contributed by atoms with van der Waals surface area (Å²) in [6, 6.07) is 20.0. The fraction of sp³-hybridized carbons (Fsp3) is 0.323. The molecule has 2 atom stereocenters. The quantitative estimate of drug-likeness (QED) is 0.429. The molecule has 0 aliphatic carbocycles. The van der Waals surface area contributed by atoms with Crippen LogP contribution >= 0.6 is 11.6 Å². The van der Waals surface area contributed by atoms with Crippen molar-refractivity contribution in [2.45, 2.75) is 39.0 Å². The van der Waals surface area contributed by atoms with Crippen molar-refractivity contribution in [1.29, 1.82) is 0 Å². The van der Waals surface area contributed by atoms with E-state index in [1.807, 2.05) is 87.5 Å². The molecule has 1 N–H and O–H groups in total. The number of nitrogens with zero attached hydrogens (tertiary/aromatic N) is 3. The molecule has 1 fully saturated rings. The van der Waals surface area contributed by atoms with Crippen molar-refractivity contribution < 1.29 is 19.1 Å². The number of urea groups is 1. The Morgan fingerprint density at radius 3 is 2.40 bits per heavy atom. The highest BCUT2D eigenvalue weighted by Gasteiger charge is 2.45. The molecule has 2 aliphatic rings. The first-order valence-corrected chi connectivity index (χ1v) is 13.7. The molecule has 0 saturated carbocycles. The van der Waals surface area contributed by atoms with Crippen LogP contribution in [0.15, 0.2) is 71.7 Å². The SMILES string of the molecule is COc1ccc(C2=NC(c3ccc(Cl)cc3)[C@@H](c3ccc(C)cc3)N2C(=O)N2CCNC(=O)C2)c(OC(C)C)c1. The fourth-order valence-electron chi connectivity index (χ4n) is 5.08. The van der Waals surface area contributed by atoms with Gasteiger partial charge in [0.1, 0.15) is 29.9 Å². The molecule has 0 radical (unpaired) electrons. The monoisotopic (exact) mass is 560 g/mol. The van der Waals surface area contributed by atoms with Crippen molar-refractivity contribution >= 4 is 29.4 Å². The van der Waals surface area contributed by atoms with E-state index in [4.69, 9.17) is 26.1 Å². The highest BCUT2D eigenvalue weighted by molar-refractivity contribution is 6.30. The van der Waals surface area contributed by atoms with Gasteiger partial charge >= 0.3 is 6.03 Å². The van der Waals surface area contributed by atoms with Crippen molar-refractivity contribution in [2.75, 3.05) is 26.7 Å². The van der Waals surface area contributed by atoms with Crippen LogP contribution in [0.2, 0.25) is 5.02 Å². The summed E-state index contributed by atoms with van der Waals surface area (Å²) in [6.07, 6.45) is -0.122. The van der Waals surface area contributed by atoms with Crippen LogP contribution in [0.25, 0.3) is 0 Å². The van der Waals surface area contributed by atoms with Crippen molar-refractivity contribution in [1.82, 2.24) is 15.1 Å². The predicted octanol–water partition coefficient (Wildman–Crippen LogP) is 5.54. The van der Waals surface area contributed by atoms with Crippen molar-refractivity contribution in [3.8, 4) is 11.5 Å². The summed E-state index contributed by atoms with van der Waals surface area (Å²) in [6.45, 7) is 6.69. The van der Waals surface area contributed by atoms with Gasteiger partial charge in [-0.25, -0.2) is 4.79 Å². The second-order valence-electron chi connectivity index (χ2n) is 10.3. The third-order valence-corrected chi connectivity index (χ3v) is 7.26. The first kappa shape index (κ1) is 27.5. The number of nitrogens with one attached hydrogen (secondary N) is 1. The van der Waals surface area contributed by atoms with Crippen LogP contribution in [0.4, 0.5) is 4.79 Å². The molecule has 3 aromatic carbocycles. The van der Waals surface area contributed by atoms with E-state index in [1.165, 1.54) is 0 Å². The first-order valence-electron chi connectivity index (χ1n) is 13.3. The molecule has 2 aliphatic heterocycles. The Hall–Kier alpha value is -4.04. The molecule has 3 aromatic rings. The standard InChI is InChI=1S/C31H33ClN4O4/c1-19(2)40-26-17-24(39-4)13-14-25(26)30-34-28(21-9-11-23(32)12-10-21)29(22-7-5-20(3)6-8-22)36(30)31(38)35-16-15-33-27(37)18-35/h5-14,17,19,28-29H,15-16,18H2,1-4H3,(H,33,37)/t28?,29-/m1/s1. The fourth-order valence-corrected chi connectivity index (χ4v) is 5.20. The number of aliphatic imine (C=N–C) groups is 1. The Morgan fingerprint density at radius 2 is 1.75 bits per heavy atom. The molecule has 3 amide bonds. The van der Waals surface area contributed by atoms with E-state index in [0.29, 0.717) is 41.0 Å². The van der Waals surface area contributed by atoms with E-state index in [2.05, 4.69) is 5.32 Å². The normalized spacial score (nSPS) is 18.9. The van der Waals surface area contributed by atoms with Crippen LogP contribution in [0.1, 0.15) is 48.2 Å². The second-order valence-corrected chi connectivity index (χ2v) is 10.7. The van der Waals surface area contributed by atoms with Crippen molar-refractivity contribution in [3.63, 3.8) is 0 Å². The number of methoxy groups -OCH3 is 1. The summed E-state index contributed by atoms with van der Waals surface area (Å²) in [4.78, 5) is 35.2. The summed E-state index contributed by atoms with van der Waals surface area (Å²) < 4.78 is 11.7. The molecular weight excluding hydrogens is 528 g/mol. The Bertz CT molecular complexity index is 1420. The van der Waals surface area contributed by atoms with Crippen LogP contribution in [0, 0.1) is 6.92 Å². The van der Waals surface area contributed by atoms with Gasteiger partial charge in [-0.1, -0.05) is 53.6 Å². The summed E-state index contributed by atoms with van der Waals surface area (Å²) in [5.74, 6) is 1.47. The lowest BCUT2D eigenvalue weighted by molar-refractivity contribution is -0.123. The summed E-state index contributed by atoms with van der Waals surface area (Å²) in [5, 5.41) is 3.42. The van der Waals surface area contributed by atoms with Crippen LogP contribution in [-0.4, -0.2) is 60.4 Å². The largest absolute Gasteiger partial charge is 0.497 e. The highest BCUT2D eigenvalue weighted by Crippen LogP contribution is 2.45. The maximum absolute atomic E-state index is 14.4. The molecule has 9 heteroatoms. The number of rotatable bonds is 6. The van der Waals surface area contributed by atoms with Gasteiger partial charge in [-0.3, -0.25) is 14.7 Å². The Labute approximate surface area is 239 Å². The molecule has 0 aromatic heterocycles. The maximum atomic E-state index is 14.4. The minimum atomic E-state index is -0.469. The number of amidine groups is 1. The summed E-state index contributed by atoms with van der Waals surface area (Å²) in [5.41, 5.74) is 3.62. The first-order chi connectivity index (χ1) is 19.2. The molecule has 5 rings (SSSR count). The molecule has 208 valence electrons. The van der Waals surface area contributed by atoms with E-state index < -0.39 is 12.1 Å². The minimum absolute atomic E-state index is 0.0210. The number of piperazine rings is 1. The van der Waals surface area contributed by atoms with Gasteiger partial charge in [0.25, 0.3) is 0 Å². The van der Waals surface area contributed by atoms with Gasteiger partial charge < -0.3 is 19.7 Å². The number of benzene rings is 3. The topological polar surface area (TPSA) is 83.5 Å². The van der Waals surface area contributed by atoms with Gasteiger partial charge in [-0.05, 0) is 56.2 Å².